The van der Waals surface area contributed by atoms with E-state index < -0.39 is 24.1 Å². The first-order valence-electron chi connectivity index (χ1n) is 8.17. The number of aliphatic hydroxyl groups is 1. The lowest BCUT2D eigenvalue weighted by Gasteiger charge is -2.22. The number of hydrogen-bond acceptors (Lipinski definition) is 8. The molecule has 1 aliphatic heterocycles. The van der Waals surface area contributed by atoms with Crippen molar-refractivity contribution < 1.29 is 24.1 Å². The van der Waals surface area contributed by atoms with Gasteiger partial charge in [0.25, 0.3) is 0 Å². The molecule has 1 aromatic heterocycles. The van der Waals surface area contributed by atoms with E-state index in [1.54, 1.807) is 0 Å². The number of aliphatic hydroxyl groups excluding tert-OH is 1. The van der Waals surface area contributed by atoms with Crippen molar-refractivity contribution in [3.63, 3.8) is 0 Å². The van der Waals surface area contributed by atoms with E-state index in [9.17, 15) is 14.7 Å². The number of aromatic nitrogens is 2. The van der Waals surface area contributed by atoms with Gasteiger partial charge in [-0.2, -0.15) is 10.2 Å². The zero-order chi connectivity index (χ0) is 19.1. The lowest BCUT2D eigenvalue weighted by atomic mass is 10.0. The van der Waals surface area contributed by atoms with E-state index in [2.05, 4.69) is 10.3 Å². The van der Waals surface area contributed by atoms with Crippen LogP contribution in [0.4, 0.5) is 5.82 Å². The Bertz CT molecular complexity index is 715. The molecule has 10 heteroatoms. The molecule has 0 aromatic carbocycles. The Kier molecular flexibility index (Phi) is 7.23. The van der Waals surface area contributed by atoms with Gasteiger partial charge in [0.2, 0.25) is 5.91 Å². The number of rotatable bonds is 8. The first-order valence-corrected chi connectivity index (χ1v) is 8.17. The van der Waals surface area contributed by atoms with Crippen molar-refractivity contribution in [2.75, 3.05) is 25.3 Å². The summed E-state index contributed by atoms with van der Waals surface area (Å²) in [5.74, 6) is -0.399. The molecule has 2 N–H and O–H groups in total. The third-order valence-corrected chi connectivity index (χ3v) is 3.99. The van der Waals surface area contributed by atoms with Crippen molar-refractivity contribution in [1.29, 1.82) is 5.26 Å². The molecule has 142 valence electrons. The van der Waals surface area contributed by atoms with Gasteiger partial charge in [0, 0.05) is 19.0 Å². The molecule has 4 atom stereocenters. The first-order chi connectivity index (χ1) is 12.5. The van der Waals surface area contributed by atoms with Crippen molar-refractivity contribution in [3.8, 4) is 6.07 Å². The van der Waals surface area contributed by atoms with Crippen molar-refractivity contribution in [2.24, 2.45) is 5.92 Å². The van der Waals surface area contributed by atoms with Crippen LogP contribution < -0.4 is 11.0 Å². The van der Waals surface area contributed by atoms with Gasteiger partial charge in [-0.1, -0.05) is 6.92 Å². The summed E-state index contributed by atoms with van der Waals surface area (Å²) in [6.45, 7) is 3.10. The average molecular weight is 366 g/mol. The number of carbonyl (C=O) groups is 1. The fraction of sp³-hybridized carbons (Fsp3) is 0.625. The molecule has 1 aliphatic rings. The highest BCUT2D eigenvalue weighted by atomic mass is 16.7. The average Bonchev–Trinajstić information content (AvgIpc) is 2.90. The SMILES string of the molecule is CC(=O)Nc1ccn([C@@H]2O[C@H](CO)C(C)[C@@H]2OCOCCC#N)c(=O)n1. The Labute approximate surface area is 150 Å². The molecular weight excluding hydrogens is 344 g/mol. The molecule has 1 amide bonds. The molecule has 0 bridgehead atoms. The topological polar surface area (TPSA) is 136 Å². The molecule has 0 saturated carbocycles. The Morgan fingerprint density at radius 2 is 2.35 bits per heavy atom. The number of anilines is 1. The number of hydrogen-bond donors (Lipinski definition) is 2. The Morgan fingerprint density at radius 3 is 2.96 bits per heavy atom. The minimum atomic E-state index is -0.798. The highest BCUT2D eigenvalue weighted by Gasteiger charge is 2.44. The fourth-order valence-electron chi connectivity index (χ4n) is 2.68. The van der Waals surface area contributed by atoms with Gasteiger partial charge < -0.3 is 24.6 Å². The molecular formula is C16H22N4O6. The number of carbonyl (C=O) groups excluding carboxylic acids is 1. The smallest absolute Gasteiger partial charge is 0.351 e. The summed E-state index contributed by atoms with van der Waals surface area (Å²) in [7, 11) is 0. The second kappa shape index (κ2) is 9.40. The van der Waals surface area contributed by atoms with Crippen LogP contribution in [0.25, 0.3) is 0 Å². The van der Waals surface area contributed by atoms with E-state index in [0.29, 0.717) is 0 Å². The van der Waals surface area contributed by atoms with Gasteiger partial charge in [-0.05, 0) is 6.07 Å². The molecule has 2 rings (SSSR count). The third kappa shape index (κ3) is 4.86. The third-order valence-electron chi connectivity index (χ3n) is 3.99. The molecule has 0 aliphatic carbocycles. The van der Waals surface area contributed by atoms with Crippen molar-refractivity contribution in [3.05, 3.63) is 22.7 Å². The van der Waals surface area contributed by atoms with E-state index in [0.717, 1.165) is 0 Å². The predicted molar refractivity (Wildman–Crippen MR) is 88.9 cm³/mol. The quantitative estimate of drug-likeness (QED) is 0.485. The second-order valence-corrected chi connectivity index (χ2v) is 5.86. The summed E-state index contributed by atoms with van der Waals surface area (Å²) in [5, 5.41) is 20.4. The highest BCUT2D eigenvalue weighted by molar-refractivity contribution is 5.87. The molecule has 1 unspecified atom stereocenters. The molecule has 26 heavy (non-hydrogen) atoms. The zero-order valence-corrected chi connectivity index (χ0v) is 14.6. The normalized spacial score (nSPS) is 25.0. The van der Waals surface area contributed by atoms with E-state index in [1.165, 1.54) is 23.8 Å². The summed E-state index contributed by atoms with van der Waals surface area (Å²) in [4.78, 5) is 27.2. The van der Waals surface area contributed by atoms with Crippen LogP contribution in [0.15, 0.2) is 17.1 Å². The van der Waals surface area contributed by atoms with Crippen LogP contribution in [-0.2, 0) is 19.0 Å². The van der Waals surface area contributed by atoms with Crippen LogP contribution in [0, 0.1) is 17.2 Å². The Hall–Kier alpha value is -2.32. The van der Waals surface area contributed by atoms with E-state index in [4.69, 9.17) is 19.5 Å². The maximum Gasteiger partial charge on any atom is 0.351 e. The largest absolute Gasteiger partial charge is 0.394 e. The lowest BCUT2D eigenvalue weighted by molar-refractivity contribution is -0.131. The van der Waals surface area contributed by atoms with E-state index in [1.807, 2.05) is 13.0 Å². The number of nitriles is 1. The van der Waals surface area contributed by atoms with Crippen LogP contribution in [0.5, 0.6) is 0 Å². The van der Waals surface area contributed by atoms with Crippen LogP contribution in [-0.4, -0.2) is 52.8 Å². The fourth-order valence-corrected chi connectivity index (χ4v) is 2.68. The highest BCUT2D eigenvalue weighted by Crippen LogP contribution is 2.35. The maximum absolute atomic E-state index is 12.3. The second-order valence-electron chi connectivity index (χ2n) is 5.86. The maximum atomic E-state index is 12.3. The van der Waals surface area contributed by atoms with E-state index in [-0.39, 0.29) is 44.1 Å². The van der Waals surface area contributed by atoms with Crippen LogP contribution in [0.3, 0.4) is 0 Å². The molecule has 10 nitrogen and oxygen atoms in total. The van der Waals surface area contributed by atoms with E-state index >= 15 is 0 Å². The summed E-state index contributed by atoms with van der Waals surface area (Å²) >= 11 is 0. The summed E-state index contributed by atoms with van der Waals surface area (Å²) in [6.07, 6.45) is -0.166. The molecule has 1 fully saturated rings. The summed E-state index contributed by atoms with van der Waals surface area (Å²) in [5.41, 5.74) is -0.619. The molecule has 0 radical (unpaired) electrons. The molecule has 1 aromatic rings. The van der Waals surface area contributed by atoms with Gasteiger partial charge in [-0.25, -0.2) is 4.79 Å². The lowest BCUT2D eigenvalue weighted by Crippen LogP contribution is -2.35. The van der Waals surface area contributed by atoms with Gasteiger partial charge >= 0.3 is 5.69 Å². The van der Waals surface area contributed by atoms with Gasteiger partial charge in [-0.15, -0.1) is 0 Å². The zero-order valence-electron chi connectivity index (χ0n) is 14.6. The molecule has 1 saturated heterocycles. The van der Waals surface area contributed by atoms with Crippen molar-refractivity contribution in [1.82, 2.24) is 9.55 Å². The summed E-state index contributed by atoms with van der Waals surface area (Å²) in [6, 6.07) is 3.44. The first kappa shape index (κ1) is 20.0. The molecule has 2 heterocycles. The molecule has 0 spiro atoms. The van der Waals surface area contributed by atoms with Crippen LogP contribution >= 0.6 is 0 Å². The number of nitrogens with one attached hydrogen (secondary N) is 1. The monoisotopic (exact) mass is 366 g/mol. The Morgan fingerprint density at radius 1 is 1.58 bits per heavy atom. The van der Waals surface area contributed by atoms with Gasteiger partial charge in [0.15, 0.2) is 6.23 Å². The van der Waals surface area contributed by atoms with Gasteiger partial charge in [0.1, 0.15) is 18.7 Å². The minimum absolute atomic E-state index is 0.0686. The predicted octanol–water partition coefficient (Wildman–Crippen LogP) is 0.000480. The van der Waals surface area contributed by atoms with Crippen LogP contribution in [0.2, 0.25) is 0 Å². The summed E-state index contributed by atoms with van der Waals surface area (Å²) < 4.78 is 17.9. The van der Waals surface area contributed by atoms with Crippen molar-refractivity contribution in [2.45, 2.75) is 38.7 Å². The van der Waals surface area contributed by atoms with Gasteiger partial charge in [-0.3, -0.25) is 9.36 Å². The Balaban J connectivity index is 2.14. The van der Waals surface area contributed by atoms with Crippen LogP contribution in [0.1, 0.15) is 26.5 Å². The number of ether oxygens (including phenoxy) is 3. The minimum Gasteiger partial charge on any atom is -0.394 e. The number of amides is 1. The standard InChI is InChI=1S/C16H22N4O6/c1-10-12(8-21)26-15(14(10)25-9-24-7-3-5-17)20-6-4-13(18-11(2)22)19-16(20)23/h4,6,10,12,14-15,21H,3,7-9H2,1-2H3,(H,18,19,22,23)/t10?,12-,14+,15-/m1/s1. The van der Waals surface area contributed by atoms with Gasteiger partial charge in [0.05, 0.1) is 31.8 Å². The number of nitrogens with zero attached hydrogens (tertiary/aromatic N) is 3. The van der Waals surface area contributed by atoms with Crippen molar-refractivity contribution >= 4 is 11.7 Å².